The molecule has 0 aliphatic heterocycles. The molecule has 1 aromatic carbocycles. The minimum atomic E-state index is -0.759. The van der Waals surface area contributed by atoms with E-state index >= 15 is 0 Å². The standard InChI is InChI=1S/C33H48O4/c1-6-33(36,7-2)26-12-14-28(15-13-26)37-21-22(3)29-16-17-30-24(9-8-18-32(29,30)5)10-11-25-19-27(34)20-31(35)23(25)4/h10-15,22,27,29-31,34-36H,4,6-9,16-21H2,1-3,5H3/b24-10+,25-11-/t22-,27+,29?,30?,31-,32+/m0/s1. The first kappa shape index (κ1) is 28.1. The van der Waals surface area contributed by atoms with Gasteiger partial charge in [-0.2, -0.15) is 0 Å². The molecule has 1 aromatic rings. The molecular formula is C33H48O4. The normalized spacial score (nSPS) is 33.5. The summed E-state index contributed by atoms with van der Waals surface area (Å²) in [5.41, 5.74) is 3.75. The van der Waals surface area contributed by atoms with E-state index in [1.807, 2.05) is 38.1 Å². The topological polar surface area (TPSA) is 69.9 Å². The van der Waals surface area contributed by atoms with Crippen molar-refractivity contribution in [1.29, 1.82) is 0 Å². The molecule has 3 aliphatic carbocycles. The first-order valence-corrected chi connectivity index (χ1v) is 14.5. The van der Waals surface area contributed by atoms with Crippen molar-refractivity contribution in [3.63, 3.8) is 0 Å². The predicted octanol–water partition coefficient (Wildman–Crippen LogP) is 6.85. The molecule has 0 spiro atoms. The van der Waals surface area contributed by atoms with Crippen LogP contribution >= 0.6 is 0 Å². The Bertz CT molecular complexity index is 1000. The van der Waals surface area contributed by atoms with Gasteiger partial charge in [-0.15, -0.1) is 0 Å². The molecule has 0 heterocycles. The summed E-state index contributed by atoms with van der Waals surface area (Å²) in [7, 11) is 0. The molecule has 37 heavy (non-hydrogen) atoms. The number of hydrogen-bond acceptors (Lipinski definition) is 4. The zero-order valence-electron chi connectivity index (χ0n) is 23.4. The third kappa shape index (κ3) is 5.77. The molecule has 4 heteroatoms. The number of aliphatic hydroxyl groups excluding tert-OH is 2. The SMILES string of the molecule is C=C1/C(=C\C=C2/CCC[C@@]3(C)C2CCC3[C@@H](C)COc2ccc(C(O)(CC)CC)cc2)C[C@@H](O)C[C@@H]1O. The average Bonchev–Trinajstić information content (AvgIpc) is 3.26. The van der Waals surface area contributed by atoms with Gasteiger partial charge in [-0.1, -0.05) is 64.1 Å². The number of hydrogen-bond donors (Lipinski definition) is 3. The van der Waals surface area contributed by atoms with Crippen LogP contribution in [-0.2, 0) is 5.60 Å². The molecule has 3 N–H and O–H groups in total. The van der Waals surface area contributed by atoms with Crippen molar-refractivity contribution in [3.05, 3.63) is 65.3 Å². The van der Waals surface area contributed by atoms with E-state index in [1.54, 1.807) is 0 Å². The molecule has 2 unspecified atom stereocenters. The van der Waals surface area contributed by atoms with E-state index in [4.69, 9.17) is 4.74 Å². The first-order valence-electron chi connectivity index (χ1n) is 14.5. The fourth-order valence-corrected chi connectivity index (χ4v) is 7.54. The Kier molecular flexibility index (Phi) is 8.72. The van der Waals surface area contributed by atoms with Gasteiger partial charge >= 0.3 is 0 Å². The summed E-state index contributed by atoms with van der Waals surface area (Å²) < 4.78 is 6.26. The van der Waals surface area contributed by atoms with Crippen LogP contribution in [0.4, 0.5) is 0 Å². The van der Waals surface area contributed by atoms with Crippen LogP contribution in [0.25, 0.3) is 0 Å². The maximum Gasteiger partial charge on any atom is 0.119 e. The molecule has 3 aliphatic rings. The van der Waals surface area contributed by atoms with Crippen LogP contribution in [0.1, 0.15) is 91.0 Å². The third-order valence-electron chi connectivity index (χ3n) is 10.1. The van der Waals surface area contributed by atoms with E-state index in [9.17, 15) is 15.3 Å². The van der Waals surface area contributed by atoms with E-state index in [-0.39, 0.29) is 5.41 Å². The molecule has 0 aromatic heterocycles. The number of aliphatic hydroxyl groups is 3. The molecule has 0 saturated heterocycles. The van der Waals surface area contributed by atoms with Crippen LogP contribution in [0.5, 0.6) is 5.75 Å². The van der Waals surface area contributed by atoms with Crippen molar-refractivity contribution < 1.29 is 20.1 Å². The van der Waals surface area contributed by atoms with Gasteiger partial charge in [-0.25, -0.2) is 0 Å². The Balaban J connectivity index is 1.41. The van der Waals surface area contributed by atoms with Gasteiger partial charge in [0.1, 0.15) is 5.75 Å². The minimum Gasteiger partial charge on any atom is -0.493 e. The maximum atomic E-state index is 10.8. The van der Waals surface area contributed by atoms with Gasteiger partial charge in [-0.3, -0.25) is 0 Å². The van der Waals surface area contributed by atoms with Crippen molar-refractivity contribution in [2.45, 2.75) is 103 Å². The Morgan fingerprint density at radius 2 is 1.84 bits per heavy atom. The van der Waals surface area contributed by atoms with Crippen LogP contribution in [0.3, 0.4) is 0 Å². The van der Waals surface area contributed by atoms with Gasteiger partial charge in [0.15, 0.2) is 0 Å². The van der Waals surface area contributed by atoms with Crippen LogP contribution < -0.4 is 4.74 Å². The number of allylic oxidation sites excluding steroid dienone is 3. The number of rotatable bonds is 8. The average molecular weight is 509 g/mol. The summed E-state index contributed by atoms with van der Waals surface area (Å²) in [4.78, 5) is 0. The lowest BCUT2D eigenvalue weighted by molar-refractivity contribution is 0.0283. The Labute approximate surface area is 224 Å². The molecule has 204 valence electrons. The monoisotopic (exact) mass is 508 g/mol. The Morgan fingerprint density at radius 1 is 1.14 bits per heavy atom. The molecule has 0 bridgehead atoms. The lowest BCUT2D eigenvalue weighted by Crippen LogP contribution is -2.37. The lowest BCUT2D eigenvalue weighted by Gasteiger charge is -2.44. The van der Waals surface area contributed by atoms with Gasteiger partial charge in [-0.05, 0) is 103 Å². The second-order valence-electron chi connectivity index (χ2n) is 12.2. The van der Waals surface area contributed by atoms with Crippen molar-refractivity contribution in [2.24, 2.45) is 23.2 Å². The van der Waals surface area contributed by atoms with E-state index in [1.165, 1.54) is 31.3 Å². The zero-order chi connectivity index (χ0) is 26.8. The quantitative estimate of drug-likeness (QED) is 0.359. The van der Waals surface area contributed by atoms with Gasteiger partial charge in [0, 0.05) is 6.42 Å². The number of fused-ring (bicyclic) bond motifs is 1. The first-order chi connectivity index (χ1) is 17.6. The molecule has 4 nitrogen and oxygen atoms in total. The Morgan fingerprint density at radius 3 is 2.51 bits per heavy atom. The highest BCUT2D eigenvalue weighted by atomic mass is 16.5. The summed E-state index contributed by atoms with van der Waals surface area (Å²) in [5.74, 6) is 2.53. The van der Waals surface area contributed by atoms with Crippen molar-refractivity contribution in [1.82, 2.24) is 0 Å². The summed E-state index contributed by atoms with van der Waals surface area (Å²) >= 11 is 0. The molecule has 3 fully saturated rings. The Hall–Kier alpha value is -1.88. The summed E-state index contributed by atoms with van der Waals surface area (Å²) in [6.07, 6.45) is 11.7. The lowest BCUT2D eigenvalue weighted by atomic mass is 9.61. The fraction of sp³-hybridized carbons (Fsp3) is 0.636. The molecular weight excluding hydrogens is 460 g/mol. The second kappa shape index (κ2) is 11.5. The van der Waals surface area contributed by atoms with Gasteiger partial charge in [0.2, 0.25) is 0 Å². The van der Waals surface area contributed by atoms with Gasteiger partial charge < -0.3 is 20.1 Å². The van der Waals surface area contributed by atoms with Crippen LogP contribution in [-0.4, -0.2) is 34.1 Å². The van der Waals surface area contributed by atoms with E-state index < -0.39 is 17.8 Å². The highest BCUT2D eigenvalue weighted by Gasteiger charge is 2.50. The summed E-state index contributed by atoms with van der Waals surface area (Å²) in [5, 5.41) is 31.1. The molecule has 6 atom stereocenters. The predicted molar refractivity (Wildman–Crippen MR) is 150 cm³/mol. The highest BCUT2D eigenvalue weighted by molar-refractivity contribution is 5.38. The molecule has 3 saturated carbocycles. The van der Waals surface area contributed by atoms with Gasteiger partial charge in [0.25, 0.3) is 0 Å². The van der Waals surface area contributed by atoms with Crippen LogP contribution in [0.15, 0.2) is 59.7 Å². The van der Waals surface area contributed by atoms with E-state index in [0.717, 1.165) is 28.9 Å². The minimum absolute atomic E-state index is 0.274. The third-order valence-corrected chi connectivity index (χ3v) is 10.1. The molecule has 4 rings (SSSR count). The summed E-state index contributed by atoms with van der Waals surface area (Å²) in [6, 6.07) is 8.01. The van der Waals surface area contributed by atoms with Crippen LogP contribution in [0.2, 0.25) is 0 Å². The summed E-state index contributed by atoms with van der Waals surface area (Å²) in [6.45, 7) is 13.7. The van der Waals surface area contributed by atoms with Crippen LogP contribution in [0, 0.1) is 23.2 Å². The second-order valence-corrected chi connectivity index (χ2v) is 12.2. The van der Waals surface area contributed by atoms with Gasteiger partial charge in [0.05, 0.1) is 24.4 Å². The van der Waals surface area contributed by atoms with Crippen molar-refractivity contribution in [2.75, 3.05) is 6.61 Å². The maximum absolute atomic E-state index is 10.8. The largest absolute Gasteiger partial charge is 0.493 e. The van der Waals surface area contributed by atoms with E-state index in [2.05, 4.69) is 32.6 Å². The van der Waals surface area contributed by atoms with Crippen molar-refractivity contribution >= 4 is 0 Å². The van der Waals surface area contributed by atoms with Crippen molar-refractivity contribution in [3.8, 4) is 5.75 Å². The smallest absolute Gasteiger partial charge is 0.119 e. The molecule has 0 radical (unpaired) electrons. The fourth-order valence-electron chi connectivity index (χ4n) is 7.54. The zero-order valence-corrected chi connectivity index (χ0v) is 23.4. The van der Waals surface area contributed by atoms with E-state index in [0.29, 0.717) is 50.0 Å². The highest BCUT2D eigenvalue weighted by Crippen LogP contribution is 2.59. The number of benzene rings is 1. The number of ether oxygens (including phenoxy) is 1. The molecule has 0 amide bonds.